The van der Waals surface area contributed by atoms with E-state index < -0.39 is 41.4 Å². The van der Waals surface area contributed by atoms with E-state index in [2.05, 4.69) is 0 Å². The molecule has 2 bridgehead atoms. The van der Waals surface area contributed by atoms with Gasteiger partial charge in [-0.25, -0.2) is 4.79 Å². The number of ketones is 1. The highest BCUT2D eigenvalue weighted by atomic mass is 16.7. The topological polar surface area (TPSA) is 107 Å². The van der Waals surface area contributed by atoms with E-state index in [4.69, 9.17) is 28.4 Å². The zero-order valence-electron chi connectivity index (χ0n) is 21.7. The molecule has 5 atom stereocenters. The summed E-state index contributed by atoms with van der Waals surface area (Å²) in [6.45, 7) is 4.13. The molecule has 1 aromatic carbocycles. The number of hydrogen-bond acceptors (Lipinski definition) is 9. The van der Waals surface area contributed by atoms with Gasteiger partial charge in [0.25, 0.3) is 0 Å². The minimum absolute atomic E-state index is 0.0986. The quantitative estimate of drug-likeness (QED) is 0.271. The Morgan fingerprint density at radius 3 is 2.28 bits per heavy atom. The highest BCUT2D eigenvalue weighted by molar-refractivity contribution is 5.97. The minimum Gasteiger partial charge on any atom is -0.493 e. The average Bonchev–Trinajstić information content (AvgIpc) is 2.90. The van der Waals surface area contributed by atoms with E-state index in [1.807, 2.05) is 13.8 Å². The van der Waals surface area contributed by atoms with Gasteiger partial charge in [0, 0.05) is 25.0 Å². The second kappa shape index (κ2) is 11.3. The normalized spacial score (nSPS) is 27.2. The Morgan fingerprint density at radius 2 is 1.72 bits per heavy atom. The van der Waals surface area contributed by atoms with Crippen LogP contribution in [0.4, 0.5) is 0 Å². The Bertz CT molecular complexity index is 1060. The predicted octanol–water partition coefficient (Wildman–Crippen LogP) is 3.08. The maximum absolute atomic E-state index is 14.0. The molecule has 0 aliphatic heterocycles. The fourth-order valence-corrected chi connectivity index (χ4v) is 5.16. The molecule has 0 heterocycles. The van der Waals surface area contributed by atoms with Gasteiger partial charge in [-0.2, -0.15) is 0 Å². The number of ether oxygens (including phenoxy) is 6. The smallest absolute Gasteiger partial charge is 0.330 e. The molecule has 36 heavy (non-hydrogen) atoms. The Hall–Kier alpha value is -3.17. The molecule has 0 aromatic heterocycles. The van der Waals surface area contributed by atoms with E-state index in [0.29, 0.717) is 22.6 Å². The van der Waals surface area contributed by atoms with Gasteiger partial charge >= 0.3 is 11.9 Å². The highest BCUT2D eigenvalue weighted by Crippen LogP contribution is 2.57. The largest absolute Gasteiger partial charge is 0.493 e. The van der Waals surface area contributed by atoms with Gasteiger partial charge < -0.3 is 28.4 Å². The summed E-state index contributed by atoms with van der Waals surface area (Å²) in [7, 11) is 7.01. The first-order valence-electron chi connectivity index (χ1n) is 11.7. The zero-order chi connectivity index (χ0) is 26.6. The molecule has 9 heteroatoms. The number of hydrogen-bond donors (Lipinski definition) is 0. The van der Waals surface area contributed by atoms with Gasteiger partial charge in [0.2, 0.25) is 5.79 Å². The molecule has 1 fully saturated rings. The van der Waals surface area contributed by atoms with Gasteiger partial charge in [0.05, 0.1) is 46.9 Å². The van der Waals surface area contributed by atoms with E-state index in [-0.39, 0.29) is 18.3 Å². The van der Waals surface area contributed by atoms with Crippen molar-refractivity contribution >= 4 is 17.7 Å². The second-order valence-corrected chi connectivity index (χ2v) is 9.16. The third-order valence-electron chi connectivity index (χ3n) is 6.73. The summed E-state index contributed by atoms with van der Waals surface area (Å²) in [5.74, 6) is -5.17. The summed E-state index contributed by atoms with van der Waals surface area (Å²) in [6, 6.07) is 5.29. The average molecular weight is 503 g/mol. The number of esters is 2. The molecule has 0 amide bonds. The monoisotopic (exact) mass is 502 g/mol. The number of methoxy groups -OCH3 is 5. The van der Waals surface area contributed by atoms with Crippen molar-refractivity contribution in [2.45, 2.75) is 25.6 Å². The molecule has 0 N–H and O–H groups in total. The van der Waals surface area contributed by atoms with Gasteiger partial charge in [-0.1, -0.05) is 32.1 Å². The van der Waals surface area contributed by atoms with Crippen LogP contribution >= 0.6 is 0 Å². The Morgan fingerprint density at radius 1 is 1.03 bits per heavy atom. The van der Waals surface area contributed by atoms with Crippen LogP contribution in [0.5, 0.6) is 11.5 Å². The lowest BCUT2D eigenvalue weighted by Gasteiger charge is -2.54. The Labute approximate surface area is 211 Å². The third-order valence-corrected chi connectivity index (χ3v) is 6.73. The van der Waals surface area contributed by atoms with Gasteiger partial charge in [-0.15, -0.1) is 0 Å². The first-order chi connectivity index (χ1) is 17.2. The van der Waals surface area contributed by atoms with E-state index in [1.165, 1.54) is 41.6 Å². The molecule has 1 saturated carbocycles. The second-order valence-electron chi connectivity index (χ2n) is 9.16. The van der Waals surface area contributed by atoms with Crippen molar-refractivity contribution in [2.75, 3.05) is 42.2 Å². The SMILES string of the molecule is COC(=O)/C=C/C1=CC2C(=O)C(OC)(OCC(C)C)C1C(C(=O)OC)C2c1ccc(OC)c(OC)c1. The van der Waals surface area contributed by atoms with Crippen LogP contribution in [0, 0.1) is 23.7 Å². The molecule has 5 unspecified atom stereocenters. The molecule has 0 spiro atoms. The van der Waals surface area contributed by atoms with Gasteiger partial charge in [-0.05, 0) is 29.2 Å². The van der Waals surface area contributed by atoms with Crippen LogP contribution in [0.1, 0.15) is 25.3 Å². The van der Waals surface area contributed by atoms with Crippen molar-refractivity contribution in [1.29, 1.82) is 0 Å². The van der Waals surface area contributed by atoms with E-state index in [0.717, 1.165) is 0 Å². The molecule has 9 nitrogen and oxygen atoms in total. The number of carbonyl (C=O) groups excluding carboxylic acids is 3. The van der Waals surface area contributed by atoms with Crippen LogP contribution in [0.25, 0.3) is 0 Å². The number of Topliss-reactive ketones (excluding diaryl/α,β-unsaturated/α-hetero) is 1. The molecule has 0 radical (unpaired) electrons. The summed E-state index contributed by atoms with van der Waals surface area (Å²) >= 11 is 0. The zero-order valence-corrected chi connectivity index (χ0v) is 21.7. The van der Waals surface area contributed by atoms with Crippen LogP contribution < -0.4 is 9.47 Å². The molecule has 3 aliphatic rings. The summed E-state index contributed by atoms with van der Waals surface area (Å²) in [6.07, 6.45) is 4.56. The Kier molecular flexibility index (Phi) is 8.58. The predicted molar refractivity (Wildman–Crippen MR) is 130 cm³/mol. The van der Waals surface area contributed by atoms with Crippen LogP contribution in [-0.2, 0) is 33.3 Å². The molecule has 4 rings (SSSR count). The number of rotatable bonds is 10. The summed E-state index contributed by atoms with van der Waals surface area (Å²) < 4.78 is 32.8. The van der Waals surface area contributed by atoms with Crippen LogP contribution in [0.15, 0.2) is 42.0 Å². The van der Waals surface area contributed by atoms with Crippen LogP contribution in [0.3, 0.4) is 0 Å². The van der Waals surface area contributed by atoms with E-state index in [9.17, 15) is 14.4 Å². The Balaban J connectivity index is 2.25. The van der Waals surface area contributed by atoms with Crippen molar-refractivity contribution in [1.82, 2.24) is 0 Å². The molecule has 1 aromatic rings. The lowest BCUT2D eigenvalue weighted by atomic mass is 9.54. The van der Waals surface area contributed by atoms with Crippen LogP contribution in [0.2, 0.25) is 0 Å². The lowest BCUT2D eigenvalue weighted by Crippen LogP contribution is -2.65. The number of fused-ring (bicyclic) bond motifs is 2. The maximum Gasteiger partial charge on any atom is 0.330 e. The van der Waals surface area contributed by atoms with Crippen molar-refractivity contribution in [3.05, 3.63) is 47.6 Å². The van der Waals surface area contributed by atoms with Crippen molar-refractivity contribution < 1.29 is 42.8 Å². The number of allylic oxidation sites excluding steroid dienone is 2. The fourth-order valence-electron chi connectivity index (χ4n) is 5.16. The van der Waals surface area contributed by atoms with Gasteiger partial charge in [-0.3, -0.25) is 9.59 Å². The van der Waals surface area contributed by atoms with Crippen LogP contribution in [-0.4, -0.2) is 65.7 Å². The number of carbonyl (C=O) groups is 3. The standard InChI is InChI=1S/C27H34O9/c1-15(2)14-36-27(35-7)24-17(9-11-21(28)33-5)12-18(25(27)29)22(23(24)26(30)34-6)16-8-10-19(31-3)20(13-16)32-4/h8-13,15,18,22-24H,14H2,1-7H3/b11-9+. The first kappa shape index (κ1) is 27.4. The molecule has 196 valence electrons. The third kappa shape index (κ3) is 4.77. The molecular formula is C27H34O9. The van der Waals surface area contributed by atoms with Gasteiger partial charge in [0.1, 0.15) is 0 Å². The van der Waals surface area contributed by atoms with E-state index >= 15 is 0 Å². The summed E-state index contributed by atoms with van der Waals surface area (Å²) in [5, 5.41) is 0. The van der Waals surface area contributed by atoms with Crippen molar-refractivity contribution in [3.8, 4) is 11.5 Å². The van der Waals surface area contributed by atoms with Crippen molar-refractivity contribution in [2.24, 2.45) is 23.7 Å². The van der Waals surface area contributed by atoms with Gasteiger partial charge in [0.15, 0.2) is 17.3 Å². The lowest BCUT2D eigenvalue weighted by molar-refractivity contribution is -0.261. The minimum atomic E-state index is -1.73. The maximum atomic E-state index is 14.0. The first-order valence-corrected chi connectivity index (χ1v) is 11.7. The number of benzene rings is 1. The fraction of sp³-hybridized carbons (Fsp3) is 0.519. The molecule has 3 aliphatic carbocycles. The van der Waals surface area contributed by atoms with E-state index in [1.54, 1.807) is 30.4 Å². The van der Waals surface area contributed by atoms with Crippen molar-refractivity contribution in [3.63, 3.8) is 0 Å². The molecular weight excluding hydrogens is 468 g/mol. The molecule has 0 saturated heterocycles. The summed E-state index contributed by atoms with van der Waals surface area (Å²) in [4.78, 5) is 39.2. The summed E-state index contributed by atoms with van der Waals surface area (Å²) in [5.41, 5.74) is 1.26. The highest BCUT2D eigenvalue weighted by Gasteiger charge is 2.66.